The Morgan fingerprint density at radius 3 is 2.71 bits per heavy atom. The molecule has 0 radical (unpaired) electrons. The SMILES string of the molecule is CN1CCCC(F)(CNC(=O)OC(C)(C)C)C1. The van der Waals surface area contributed by atoms with Gasteiger partial charge in [0.05, 0.1) is 6.54 Å². The maximum Gasteiger partial charge on any atom is 0.407 e. The van der Waals surface area contributed by atoms with Crippen molar-refractivity contribution in [3.63, 3.8) is 0 Å². The first-order valence-corrected chi connectivity index (χ1v) is 6.05. The van der Waals surface area contributed by atoms with Crippen LogP contribution in [0.2, 0.25) is 0 Å². The Kier molecular flexibility index (Phi) is 4.36. The lowest BCUT2D eigenvalue weighted by Gasteiger charge is -2.35. The van der Waals surface area contributed by atoms with Crippen LogP contribution in [0.1, 0.15) is 33.6 Å². The number of amides is 1. The minimum atomic E-state index is -1.33. The molecule has 100 valence electrons. The van der Waals surface area contributed by atoms with E-state index in [1.54, 1.807) is 20.8 Å². The van der Waals surface area contributed by atoms with E-state index in [0.29, 0.717) is 13.0 Å². The fraction of sp³-hybridized carbons (Fsp3) is 0.917. The lowest BCUT2D eigenvalue weighted by Crippen LogP contribution is -2.50. The molecule has 1 N–H and O–H groups in total. The van der Waals surface area contributed by atoms with Crippen molar-refractivity contribution < 1.29 is 13.9 Å². The number of nitrogens with zero attached hydrogens (tertiary/aromatic N) is 1. The molecule has 0 aromatic heterocycles. The first-order chi connectivity index (χ1) is 7.70. The highest BCUT2D eigenvalue weighted by atomic mass is 19.1. The summed E-state index contributed by atoms with van der Waals surface area (Å²) >= 11 is 0. The van der Waals surface area contributed by atoms with Crippen LogP contribution < -0.4 is 5.32 Å². The van der Waals surface area contributed by atoms with Crippen molar-refractivity contribution in [3.8, 4) is 0 Å². The molecule has 1 saturated heterocycles. The van der Waals surface area contributed by atoms with E-state index in [2.05, 4.69) is 5.32 Å². The standard InChI is InChI=1S/C12H23FN2O2/c1-11(2,3)17-10(16)14-8-12(13)6-5-7-15(4)9-12/h5-9H2,1-4H3,(H,14,16). The summed E-state index contributed by atoms with van der Waals surface area (Å²) in [4.78, 5) is 13.4. The zero-order valence-electron chi connectivity index (χ0n) is 11.2. The second-order valence-electron chi connectivity index (χ2n) is 5.85. The molecule has 0 aromatic rings. The third kappa shape index (κ3) is 5.35. The summed E-state index contributed by atoms with van der Waals surface area (Å²) in [5.41, 5.74) is -1.87. The topological polar surface area (TPSA) is 41.6 Å². The smallest absolute Gasteiger partial charge is 0.407 e. The molecule has 5 heteroatoms. The number of alkyl carbamates (subject to hydrolysis) is 1. The first-order valence-electron chi connectivity index (χ1n) is 6.05. The van der Waals surface area contributed by atoms with Crippen molar-refractivity contribution >= 4 is 6.09 Å². The van der Waals surface area contributed by atoms with Gasteiger partial charge in [0.2, 0.25) is 0 Å². The number of likely N-dealkylation sites (tertiary alicyclic amines) is 1. The van der Waals surface area contributed by atoms with Crippen LogP contribution in [-0.4, -0.2) is 48.9 Å². The van der Waals surface area contributed by atoms with Gasteiger partial charge in [-0.1, -0.05) is 0 Å². The maximum atomic E-state index is 14.3. The summed E-state index contributed by atoms with van der Waals surface area (Å²) < 4.78 is 19.4. The Morgan fingerprint density at radius 1 is 1.53 bits per heavy atom. The van der Waals surface area contributed by atoms with Gasteiger partial charge in [0.1, 0.15) is 11.3 Å². The molecule has 1 heterocycles. The van der Waals surface area contributed by atoms with E-state index in [1.807, 2.05) is 11.9 Å². The van der Waals surface area contributed by atoms with Crippen LogP contribution in [0.4, 0.5) is 9.18 Å². The van der Waals surface area contributed by atoms with E-state index in [9.17, 15) is 9.18 Å². The van der Waals surface area contributed by atoms with Gasteiger partial charge in [0.25, 0.3) is 0 Å². The number of hydrogen-bond donors (Lipinski definition) is 1. The predicted octanol–water partition coefficient (Wildman–Crippen LogP) is 1.95. The summed E-state index contributed by atoms with van der Waals surface area (Å²) in [6, 6.07) is 0. The third-order valence-corrected chi connectivity index (χ3v) is 2.67. The van der Waals surface area contributed by atoms with Crippen LogP contribution in [0.5, 0.6) is 0 Å². The van der Waals surface area contributed by atoms with Gasteiger partial charge in [0, 0.05) is 6.54 Å². The molecular weight excluding hydrogens is 223 g/mol. The number of nitrogens with one attached hydrogen (secondary N) is 1. The fourth-order valence-electron chi connectivity index (χ4n) is 2.00. The third-order valence-electron chi connectivity index (χ3n) is 2.67. The molecule has 0 spiro atoms. The Labute approximate surface area is 102 Å². The molecule has 1 rings (SSSR count). The van der Waals surface area contributed by atoms with Crippen molar-refractivity contribution in [3.05, 3.63) is 0 Å². The van der Waals surface area contributed by atoms with Gasteiger partial charge in [-0.05, 0) is 47.2 Å². The van der Waals surface area contributed by atoms with Gasteiger partial charge < -0.3 is 15.0 Å². The number of piperidine rings is 1. The van der Waals surface area contributed by atoms with Crippen LogP contribution in [-0.2, 0) is 4.74 Å². The van der Waals surface area contributed by atoms with Crippen LogP contribution >= 0.6 is 0 Å². The minimum absolute atomic E-state index is 0.0201. The summed E-state index contributed by atoms with van der Waals surface area (Å²) in [5.74, 6) is 0. The van der Waals surface area contributed by atoms with Crippen molar-refractivity contribution in [2.45, 2.75) is 44.9 Å². The average molecular weight is 246 g/mol. The average Bonchev–Trinajstić information content (AvgIpc) is 2.12. The number of carbonyl (C=O) groups excluding carboxylic acids is 1. The van der Waals surface area contributed by atoms with Gasteiger partial charge in [0.15, 0.2) is 0 Å². The number of halogens is 1. The second kappa shape index (κ2) is 5.21. The van der Waals surface area contributed by atoms with Crippen molar-refractivity contribution in [1.82, 2.24) is 10.2 Å². The highest BCUT2D eigenvalue weighted by Crippen LogP contribution is 2.23. The van der Waals surface area contributed by atoms with Gasteiger partial charge in [-0.2, -0.15) is 0 Å². The van der Waals surface area contributed by atoms with E-state index in [-0.39, 0.29) is 6.54 Å². The van der Waals surface area contributed by atoms with Crippen LogP contribution in [0.3, 0.4) is 0 Å². The largest absolute Gasteiger partial charge is 0.444 e. The summed E-state index contributed by atoms with van der Waals surface area (Å²) in [6.45, 7) is 6.65. The van der Waals surface area contributed by atoms with E-state index >= 15 is 0 Å². The lowest BCUT2D eigenvalue weighted by molar-refractivity contribution is 0.0344. The molecule has 17 heavy (non-hydrogen) atoms. The predicted molar refractivity (Wildman–Crippen MR) is 64.8 cm³/mol. The zero-order valence-corrected chi connectivity index (χ0v) is 11.2. The molecule has 0 saturated carbocycles. The van der Waals surface area contributed by atoms with Gasteiger partial charge in [-0.15, -0.1) is 0 Å². The van der Waals surface area contributed by atoms with Crippen molar-refractivity contribution in [2.75, 3.05) is 26.7 Å². The Hall–Kier alpha value is -0.840. The number of ether oxygens (including phenoxy) is 1. The lowest BCUT2D eigenvalue weighted by atomic mass is 9.95. The number of carbonyl (C=O) groups is 1. The molecule has 0 aliphatic carbocycles. The molecule has 0 bridgehead atoms. The second-order valence-corrected chi connectivity index (χ2v) is 5.85. The molecule has 1 amide bonds. The van der Waals surface area contributed by atoms with Crippen molar-refractivity contribution in [1.29, 1.82) is 0 Å². The highest BCUT2D eigenvalue weighted by Gasteiger charge is 2.34. The number of hydrogen-bond acceptors (Lipinski definition) is 3. The molecule has 1 fully saturated rings. The van der Waals surface area contributed by atoms with Crippen LogP contribution in [0.25, 0.3) is 0 Å². The van der Waals surface area contributed by atoms with Crippen LogP contribution in [0, 0.1) is 0 Å². The molecule has 1 aliphatic rings. The quantitative estimate of drug-likeness (QED) is 0.809. The van der Waals surface area contributed by atoms with Gasteiger partial charge >= 0.3 is 6.09 Å². The zero-order chi connectivity index (χ0) is 13.1. The normalized spacial score (nSPS) is 26.6. The molecule has 0 aromatic carbocycles. The Balaban J connectivity index is 2.36. The summed E-state index contributed by atoms with van der Waals surface area (Å²) in [5, 5.41) is 2.51. The number of alkyl halides is 1. The minimum Gasteiger partial charge on any atom is -0.444 e. The maximum absolute atomic E-state index is 14.3. The number of rotatable bonds is 2. The molecule has 1 atom stereocenters. The highest BCUT2D eigenvalue weighted by molar-refractivity contribution is 5.67. The molecule has 1 unspecified atom stereocenters. The fourth-order valence-corrected chi connectivity index (χ4v) is 2.00. The molecule has 1 aliphatic heterocycles. The Bertz CT molecular complexity index is 278. The van der Waals surface area contributed by atoms with E-state index in [1.165, 1.54) is 0 Å². The van der Waals surface area contributed by atoms with E-state index in [4.69, 9.17) is 4.74 Å². The van der Waals surface area contributed by atoms with Gasteiger partial charge in [-0.3, -0.25) is 0 Å². The van der Waals surface area contributed by atoms with Crippen molar-refractivity contribution in [2.24, 2.45) is 0 Å². The Morgan fingerprint density at radius 2 is 2.18 bits per heavy atom. The molecular formula is C12H23FN2O2. The van der Waals surface area contributed by atoms with Crippen LogP contribution in [0.15, 0.2) is 0 Å². The summed E-state index contributed by atoms with van der Waals surface area (Å²) in [6.07, 6.45) is 0.763. The van der Waals surface area contributed by atoms with Gasteiger partial charge in [-0.25, -0.2) is 9.18 Å². The van der Waals surface area contributed by atoms with E-state index < -0.39 is 17.4 Å². The first kappa shape index (κ1) is 14.2. The summed E-state index contributed by atoms with van der Waals surface area (Å²) in [7, 11) is 1.89. The monoisotopic (exact) mass is 246 g/mol. The molecule has 4 nitrogen and oxygen atoms in total. The van der Waals surface area contributed by atoms with E-state index in [0.717, 1.165) is 13.0 Å².